The third-order valence-electron chi connectivity index (χ3n) is 2.78. The maximum Gasteiger partial charge on any atom is 0.241 e. The van der Waals surface area contributed by atoms with Gasteiger partial charge in [-0.15, -0.1) is 13.2 Å². The molecule has 1 rings (SSSR count). The first-order chi connectivity index (χ1) is 8.08. The summed E-state index contributed by atoms with van der Waals surface area (Å²) in [6.45, 7) is 13.7. The molecule has 0 aromatic carbocycles. The lowest BCUT2D eigenvalue weighted by atomic mass is 9.99. The first kappa shape index (κ1) is 13.2. The van der Waals surface area contributed by atoms with Gasteiger partial charge in [-0.3, -0.25) is 19.4 Å². The number of carbonyl (C=O) groups excluding carboxylic acids is 2. The monoisotopic (exact) mass is 234 g/mol. The summed E-state index contributed by atoms with van der Waals surface area (Å²) < 4.78 is 0. The Bertz CT molecular complexity index is 342. The molecule has 0 aliphatic carbocycles. The molecule has 0 radical (unpaired) electrons. The van der Waals surface area contributed by atoms with Gasteiger partial charge in [0, 0.05) is 13.1 Å². The van der Waals surface area contributed by atoms with E-state index in [-0.39, 0.29) is 11.8 Å². The maximum absolute atomic E-state index is 12.1. The van der Waals surface area contributed by atoms with Gasteiger partial charge in [-0.1, -0.05) is 18.7 Å². The smallest absolute Gasteiger partial charge is 0.241 e. The number of allylic oxidation sites excluding steroid dienone is 1. The molecule has 4 nitrogen and oxygen atoms in total. The molecule has 1 saturated heterocycles. The lowest BCUT2D eigenvalue weighted by Crippen LogP contribution is -2.54. The summed E-state index contributed by atoms with van der Waals surface area (Å²) >= 11 is 0. The second kappa shape index (κ2) is 5.48. The highest BCUT2D eigenvalue weighted by molar-refractivity contribution is 6.04. The van der Waals surface area contributed by atoms with Crippen LogP contribution in [0.25, 0.3) is 0 Å². The van der Waals surface area contributed by atoms with Crippen LogP contribution in [0.5, 0.6) is 0 Å². The van der Waals surface area contributed by atoms with Gasteiger partial charge >= 0.3 is 0 Å². The van der Waals surface area contributed by atoms with Crippen LogP contribution in [0.15, 0.2) is 37.7 Å². The molecule has 1 unspecified atom stereocenters. The van der Waals surface area contributed by atoms with Gasteiger partial charge in [0.1, 0.15) is 11.7 Å². The van der Waals surface area contributed by atoms with Crippen LogP contribution in [0.2, 0.25) is 0 Å². The van der Waals surface area contributed by atoms with E-state index >= 15 is 0 Å². The van der Waals surface area contributed by atoms with Crippen molar-refractivity contribution in [1.29, 1.82) is 0 Å². The lowest BCUT2D eigenvalue weighted by molar-refractivity contribution is -0.152. The van der Waals surface area contributed by atoms with Crippen molar-refractivity contribution in [2.24, 2.45) is 5.92 Å². The fraction of sp³-hybridized carbons (Fsp3) is 0.385. The Morgan fingerprint density at radius 2 is 1.76 bits per heavy atom. The molecule has 1 aliphatic heterocycles. The van der Waals surface area contributed by atoms with E-state index in [1.807, 2.05) is 6.92 Å². The second-order valence-corrected chi connectivity index (χ2v) is 3.81. The fourth-order valence-electron chi connectivity index (χ4n) is 1.91. The number of hydrogen-bond acceptors (Lipinski definition) is 2. The summed E-state index contributed by atoms with van der Waals surface area (Å²) in [7, 11) is 0. The van der Waals surface area contributed by atoms with Gasteiger partial charge in [0.15, 0.2) is 0 Å². The molecule has 0 bridgehead atoms. The molecule has 1 atom stereocenters. The summed E-state index contributed by atoms with van der Waals surface area (Å²) in [6.07, 6.45) is 3.57. The van der Waals surface area contributed by atoms with Crippen LogP contribution in [0.1, 0.15) is 13.3 Å². The molecule has 0 N–H and O–H groups in total. The SMILES string of the molecule is C=CCC1C(=O)N(CC)C(=C)N(CC=C)C1=O. The van der Waals surface area contributed by atoms with E-state index in [1.54, 1.807) is 12.2 Å². The van der Waals surface area contributed by atoms with Crippen LogP contribution in [0.4, 0.5) is 0 Å². The fourth-order valence-corrected chi connectivity index (χ4v) is 1.91. The molecule has 92 valence electrons. The molecule has 1 aliphatic rings. The number of nitrogens with zero attached hydrogens (tertiary/aromatic N) is 2. The molecule has 0 aromatic rings. The predicted molar refractivity (Wildman–Crippen MR) is 66.7 cm³/mol. The number of amides is 2. The first-order valence-electron chi connectivity index (χ1n) is 5.61. The van der Waals surface area contributed by atoms with Gasteiger partial charge in [0.05, 0.1) is 0 Å². The van der Waals surface area contributed by atoms with E-state index in [4.69, 9.17) is 0 Å². The van der Waals surface area contributed by atoms with Crippen molar-refractivity contribution >= 4 is 11.8 Å². The van der Waals surface area contributed by atoms with Crippen molar-refractivity contribution in [3.63, 3.8) is 0 Å². The van der Waals surface area contributed by atoms with E-state index < -0.39 is 5.92 Å². The molecule has 1 fully saturated rings. The van der Waals surface area contributed by atoms with Crippen molar-refractivity contribution in [3.05, 3.63) is 37.7 Å². The molecule has 0 aromatic heterocycles. The molecular formula is C13H18N2O2. The lowest BCUT2D eigenvalue weighted by Gasteiger charge is -2.39. The first-order valence-corrected chi connectivity index (χ1v) is 5.61. The Morgan fingerprint density at radius 3 is 2.24 bits per heavy atom. The Balaban J connectivity index is 3.06. The van der Waals surface area contributed by atoms with Crippen molar-refractivity contribution in [1.82, 2.24) is 9.80 Å². The van der Waals surface area contributed by atoms with Crippen molar-refractivity contribution in [3.8, 4) is 0 Å². The number of carbonyl (C=O) groups is 2. The molecular weight excluding hydrogens is 216 g/mol. The Morgan fingerprint density at radius 1 is 1.18 bits per heavy atom. The predicted octanol–water partition coefficient (Wildman–Crippen LogP) is 1.53. The van der Waals surface area contributed by atoms with E-state index in [0.29, 0.717) is 25.3 Å². The Kier molecular flexibility index (Phi) is 4.26. The van der Waals surface area contributed by atoms with E-state index in [1.165, 1.54) is 9.80 Å². The topological polar surface area (TPSA) is 40.6 Å². The minimum Gasteiger partial charge on any atom is -0.298 e. The van der Waals surface area contributed by atoms with Crippen molar-refractivity contribution in [2.45, 2.75) is 13.3 Å². The maximum atomic E-state index is 12.1. The second-order valence-electron chi connectivity index (χ2n) is 3.81. The van der Waals surface area contributed by atoms with Crippen LogP contribution in [0.3, 0.4) is 0 Å². The van der Waals surface area contributed by atoms with Gasteiger partial charge in [-0.05, 0) is 13.3 Å². The number of rotatable bonds is 5. The van der Waals surface area contributed by atoms with Gasteiger partial charge in [0.25, 0.3) is 0 Å². The summed E-state index contributed by atoms with van der Waals surface area (Å²) in [5.41, 5.74) is 0. The summed E-state index contributed by atoms with van der Waals surface area (Å²) in [6, 6.07) is 0. The molecule has 0 saturated carbocycles. The normalized spacial score (nSPS) is 20.8. The summed E-state index contributed by atoms with van der Waals surface area (Å²) in [5.74, 6) is -0.646. The zero-order valence-corrected chi connectivity index (χ0v) is 10.2. The minimum atomic E-state index is -0.669. The average Bonchev–Trinajstić information content (AvgIpc) is 2.31. The minimum absolute atomic E-state index is 0.192. The average molecular weight is 234 g/mol. The van der Waals surface area contributed by atoms with Crippen molar-refractivity contribution < 1.29 is 9.59 Å². The van der Waals surface area contributed by atoms with Crippen LogP contribution in [-0.4, -0.2) is 34.7 Å². The summed E-state index contributed by atoms with van der Waals surface area (Å²) in [4.78, 5) is 27.2. The molecule has 17 heavy (non-hydrogen) atoms. The standard InChI is InChI=1S/C13H18N2O2/c1-5-8-11-12(16)14(7-3)10(4)15(9-6-2)13(11)17/h5-6,11H,1-2,4,7-9H2,3H3. The van der Waals surface area contributed by atoms with E-state index in [0.717, 1.165) is 0 Å². The Hall–Kier alpha value is -1.84. The highest BCUT2D eigenvalue weighted by atomic mass is 16.2. The highest BCUT2D eigenvalue weighted by Crippen LogP contribution is 2.25. The highest BCUT2D eigenvalue weighted by Gasteiger charge is 2.40. The van der Waals surface area contributed by atoms with Crippen LogP contribution >= 0.6 is 0 Å². The molecule has 0 spiro atoms. The quantitative estimate of drug-likeness (QED) is 0.534. The summed E-state index contributed by atoms with van der Waals surface area (Å²) in [5, 5.41) is 0. The van der Waals surface area contributed by atoms with Gasteiger partial charge < -0.3 is 0 Å². The third-order valence-corrected chi connectivity index (χ3v) is 2.78. The molecule has 1 heterocycles. The zero-order valence-electron chi connectivity index (χ0n) is 10.2. The third kappa shape index (κ3) is 2.30. The van der Waals surface area contributed by atoms with Crippen LogP contribution in [-0.2, 0) is 9.59 Å². The van der Waals surface area contributed by atoms with Gasteiger partial charge in [0.2, 0.25) is 11.8 Å². The van der Waals surface area contributed by atoms with E-state index in [2.05, 4.69) is 19.7 Å². The largest absolute Gasteiger partial charge is 0.298 e. The van der Waals surface area contributed by atoms with Gasteiger partial charge in [-0.2, -0.15) is 0 Å². The van der Waals surface area contributed by atoms with Crippen LogP contribution in [0, 0.1) is 5.92 Å². The zero-order chi connectivity index (χ0) is 13.0. The van der Waals surface area contributed by atoms with Crippen molar-refractivity contribution in [2.75, 3.05) is 13.1 Å². The van der Waals surface area contributed by atoms with Gasteiger partial charge in [-0.25, -0.2) is 0 Å². The molecule has 2 amide bonds. The number of hydrogen-bond donors (Lipinski definition) is 0. The van der Waals surface area contributed by atoms with Crippen LogP contribution < -0.4 is 0 Å². The Labute approximate surface area is 102 Å². The van der Waals surface area contributed by atoms with E-state index in [9.17, 15) is 9.59 Å². The molecule has 4 heteroatoms.